The lowest BCUT2D eigenvalue weighted by Crippen LogP contribution is -2.12. The number of carbonyl (C=O) groups excluding carboxylic acids is 1. The fourth-order valence-electron chi connectivity index (χ4n) is 1.87. The summed E-state index contributed by atoms with van der Waals surface area (Å²) in [7, 11) is 0. The Labute approximate surface area is 146 Å². The molecule has 0 aliphatic rings. The average Bonchev–Trinajstić information content (AvgIpc) is 2.97. The number of carbonyl (C=O) groups is 1. The summed E-state index contributed by atoms with van der Waals surface area (Å²) in [6, 6.07) is 10.7. The standard InChI is InChI=1S/C15H10Cl2N4OS/c16-10-5-3-9(4-6-10)8-12-20-21-15(23-12)19-14(22)11-2-1-7-18-13(11)17/h1-7H,8H2,(H,19,21,22). The summed E-state index contributed by atoms with van der Waals surface area (Å²) < 4.78 is 0. The monoisotopic (exact) mass is 364 g/mol. The molecular formula is C15H10Cl2N4OS. The van der Waals surface area contributed by atoms with E-state index in [1.165, 1.54) is 17.5 Å². The zero-order valence-electron chi connectivity index (χ0n) is 11.7. The summed E-state index contributed by atoms with van der Waals surface area (Å²) in [6.45, 7) is 0. The molecule has 0 bridgehead atoms. The van der Waals surface area contributed by atoms with Crippen LogP contribution >= 0.6 is 34.5 Å². The molecule has 0 saturated heterocycles. The van der Waals surface area contributed by atoms with Crippen molar-refractivity contribution in [2.75, 3.05) is 5.32 Å². The fraction of sp³-hybridized carbons (Fsp3) is 0.0667. The van der Waals surface area contributed by atoms with Crippen molar-refractivity contribution >= 4 is 45.6 Å². The summed E-state index contributed by atoms with van der Waals surface area (Å²) in [6.07, 6.45) is 2.15. The molecule has 8 heteroatoms. The van der Waals surface area contributed by atoms with Crippen LogP contribution in [0.5, 0.6) is 0 Å². The van der Waals surface area contributed by atoms with Gasteiger partial charge in [-0.15, -0.1) is 10.2 Å². The van der Waals surface area contributed by atoms with Gasteiger partial charge in [0.25, 0.3) is 5.91 Å². The number of aromatic nitrogens is 3. The minimum Gasteiger partial charge on any atom is -0.296 e. The highest BCUT2D eigenvalue weighted by atomic mass is 35.5. The van der Waals surface area contributed by atoms with Crippen molar-refractivity contribution in [3.63, 3.8) is 0 Å². The summed E-state index contributed by atoms with van der Waals surface area (Å²) in [5.74, 6) is -0.364. The van der Waals surface area contributed by atoms with E-state index in [2.05, 4.69) is 20.5 Å². The highest BCUT2D eigenvalue weighted by Gasteiger charge is 2.13. The highest BCUT2D eigenvalue weighted by Crippen LogP contribution is 2.21. The maximum absolute atomic E-state index is 12.1. The number of nitrogens with zero attached hydrogens (tertiary/aromatic N) is 3. The SMILES string of the molecule is O=C(Nc1nnc(Cc2ccc(Cl)cc2)s1)c1cccnc1Cl. The van der Waals surface area contributed by atoms with E-state index in [1.54, 1.807) is 12.1 Å². The van der Waals surface area contributed by atoms with E-state index in [9.17, 15) is 4.79 Å². The third-order valence-corrected chi connectivity index (χ3v) is 4.35. The van der Waals surface area contributed by atoms with Gasteiger partial charge in [-0.05, 0) is 29.8 Å². The summed E-state index contributed by atoms with van der Waals surface area (Å²) in [4.78, 5) is 16.0. The first-order valence-electron chi connectivity index (χ1n) is 6.60. The molecular weight excluding hydrogens is 355 g/mol. The van der Waals surface area contributed by atoms with E-state index in [0.717, 1.165) is 10.6 Å². The molecule has 0 aliphatic carbocycles. The van der Waals surface area contributed by atoms with Crippen molar-refractivity contribution in [3.05, 3.63) is 68.9 Å². The maximum Gasteiger partial charge on any atom is 0.260 e. The van der Waals surface area contributed by atoms with Crippen LogP contribution in [0, 0.1) is 0 Å². The number of hydrogen-bond donors (Lipinski definition) is 1. The Bertz CT molecular complexity index is 836. The summed E-state index contributed by atoms with van der Waals surface area (Å²) in [5, 5.41) is 12.8. The van der Waals surface area contributed by atoms with Crippen molar-refractivity contribution in [3.8, 4) is 0 Å². The minimum atomic E-state index is -0.364. The van der Waals surface area contributed by atoms with E-state index < -0.39 is 0 Å². The van der Waals surface area contributed by atoms with E-state index in [4.69, 9.17) is 23.2 Å². The molecule has 0 aliphatic heterocycles. The molecule has 1 amide bonds. The molecule has 23 heavy (non-hydrogen) atoms. The smallest absolute Gasteiger partial charge is 0.260 e. The Kier molecular flexibility index (Phi) is 4.85. The van der Waals surface area contributed by atoms with Crippen LogP contribution in [0.2, 0.25) is 10.2 Å². The lowest BCUT2D eigenvalue weighted by atomic mass is 10.2. The number of nitrogens with one attached hydrogen (secondary N) is 1. The molecule has 5 nitrogen and oxygen atoms in total. The predicted octanol–water partition coefficient (Wildman–Crippen LogP) is 4.08. The number of amides is 1. The molecule has 3 rings (SSSR count). The zero-order chi connectivity index (χ0) is 16.2. The van der Waals surface area contributed by atoms with Gasteiger partial charge in [0, 0.05) is 17.6 Å². The second-order valence-electron chi connectivity index (χ2n) is 4.60. The maximum atomic E-state index is 12.1. The number of rotatable bonds is 4. The van der Waals surface area contributed by atoms with Crippen LogP contribution in [-0.4, -0.2) is 21.1 Å². The number of benzene rings is 1. The van der Waals surface area contributed by atoms with Gasteiger partial charge in [-0.1, -0.05) is 46.7 Å². The minimum absolute atomic E-state index is 0.149. The first kappa shape index (κ1) is 15.9. The molecule has 0 radical (unpaired) electrons. The molecule has 0 fully saturated rings. The van der Waals surface area contributed by atoms with Gasteiger partial charge in [-0.25, -0.2) is 4.98 Å². The molecule has 116 valence electrons. The molecule has 2 heterocycles. The van der Waals surface area contributed by atoms with Crippen molar-refractivity contribution in [1.29, 1.82) is 0 Å². The first-order chi connectivity index (χ1) is 11.1. The topological polar surface area (TPSA) is 67.8 Å². The van der Waals surface area contributed by atoms with E-state index in [1.807, 2.05) is 24.3 Å². The van der Waals surface area contributed by atoms with Crippen LogP contribution in [0.4, 0.5) is 5.13 Å². The Morgan fingerprint density at radius 1 is 1.13 bits per heavy atom. The molecule has 0 spiro atoms. The van der Waals surface area contributed by atoms with Crippen LogP contribution in [0.15, 0.2) is 42.6 Å². The third kappa shape index (κ3) is 4.04. The normalized spacial score (nSPS) is 10.5. The van der Waals surface area contributed by atoms with Gasteiger partial charge >= 0.3 is 0 Å². The van der Waals surface area contributed by atoms with Gasteiger partial charge in [0.05, 0.1) is 5.56 Å². The lowest BCUT2D eigenvalue weighted by Gasteiger charge is -2.01. The van der Waals surface area contributed by atoms with Gasteiger partial charge in [-0.3, -0.25) is 10.1 Å². The van der Waals surface area contributed by atoms with Crippen LogP contribution in [0.1, 0.15) is 20.9 Å². The molecule has 1 N–H and O–H groups in total. The van der Waals surface area contributed by atoms with Crippen molar-refractivity contribution in [1.82, 2.24) is 15.2 Å². The van der Waals surface area contributed by atoms with E-state index in [0.29, 0.717) is 22.1 Å². The Hall–Kier alpha value is -2.02. The third-order valence-electron chi connectivity index (χ3n) is 2.96. The number of pyridine rings is 1. The van der Waals surface area contributed by atoms with Crippen LogP contribution < -0.4 is 5.32 Å². The zero-order valence-corrected chi connectivity index (χ0v) is 14.0. The van der Waals surface area contributed by atoms with Gasteiger partial charge in [0.1, 0.15) is 10.2 Å². The van der Waals surface area contributed by atoms with Crippen LogP contribution in [0.3, 0.4) is 0 Å². The fourth-order valence-corrected chi connectivity index (χ4v) is 2.97. The molecule has 0 atom stereocenters. The van der Waals surface area contributed by atoms with Crippen LogP contribution in [0.25, 0.3) is 0 Å². The van der Waals surface area contributed by atoms with Crippen LogP contribution in [-0.2, 0) is 6.42 Å². The van der Waals surface area contributed by atoms with Gasteiger partial charge in [0.2, 0.25) is 5.13 Å². The van der Waals surface area contributed by atoms with Crippen molar-refractivity contribution in [2.24, 2.45) is 0 Å². The Balaban J connectivity index is 1.69. The number of hydrogen-bond acceptors (Lipinski definition) is 5. The first-order valence-corrected chi connectivity index (χ1v) is 8.18. The van der Waals surface area contributed by atoms with Crippen molar-refractivity contribution in [2.45, 2.75) is 6.42 Å². The van der Waals surface area contributed by atoms with E-state index >= 15 is 0 Å². The van der Waals surface area contributed by atoms with Gasteiger partial charge < -0.3 is 0 Å². The van der Waals surface area contributed by atoms with E-state index in [-0.39, 0.29) is 11.1 Å². The highest BCUT2D eigenvalue weighted by molar-refractivity contribution is 7.15. The second-order valence-corrected chi connectivity index (χ2v) is 6.46. The number of halogens is 2. The lowest BCUT2D eigenvalue weighted by molar-refractivity contribution is 0.102. The predicted molar refractivity (Wildman–Crippen MR) is 91.4 cm³/mol. The summed E-state index contributed by atoms with van der Waals surface area (Å²) >= 11 is 13.1. The largest absolute Gasteiger partial charge is 0.296 e. The quantitative estimate of drug-likeness (QED) is 0.708. The molecule has 1 aromatic carbocycles. The molecule has 2 aromatic heterocycles. The molecule has 0 saturated carbocycles. The number of anilines is 1. The van der Waals surface area contributed by atoms with Crippen molar-refractivity contribution < 1.29 is 4.79 Å². The molecule has 3 aromatic rings. The Morgan fingerprint density at radius 3 is 2.65 bits per heavy atom. The average molecular weight is 365 g/mol. The second kappa shape index (κ2) is 7.04. The van der Waals surface area contributed by atoms with Gasteiger partial charge in [0.15, 0.2) is 0 Å². The van der Waals surface area contributed by atoms with Gasteiger partial charge in [-0.2, -0.15) is 0 Å². The Morgan fingerprint density at radius 2 is 1.91 bits per heavy atom. The summed E-state index contributed by atoms with van der Waals surface area (Å²) in [5.41, 5.74) is 1.36. The molecule has 0 unspecified atom stereocenters.